The number of imide groups is 1. The largest absolute Gasteiger partial charge is 0.384 e. The summed E-state index contributed by atoms with van der Waals surface area (Å²) in [6.07, 6.45) is 17.9. The molecule has 4 atom stereocenters. The SMILES string of the molecule is Cc1cc(C(=O)N2CCC(CN3CCCC(Cc4cc5c(cc4F)n(C4CCC(=O)NC4=O)c(=O)n5C4CC4)CC3)CC2)cc(F)c1C1=CCN([C@@H](C)C2=Cc3c(-n4ccc5c(c4=O)CCN5)cc#[n+]c3C2C)CC1. The number of rotatable bonds is 11. The number of anilines is 1. The number of carbonyl (C=O) groups excluding carboxylic acids is 3. The van der Waals surface area contributed by atoms with Crippen LogP contribution in [0.4, 0.5) is 14.5 Å². The molecule has 5 aromatic rings. The Morgan fingerprint density at radius 3 is 2.44 bits per heavy atom. The van der Waals surface area contributed by atoms with Gasteiger partial charge in [0.1, 0.15) is 17.7 Å². The van der Waals surface area contributed by atoms with E-state index in [1.54, 1.807) is 15.2 Å². The van der Waals surface area contributed by atoms with E-state index in [1.165, 1.54) is 22.3 Å². The summed E-state index contributed by atoms with van der Waals surface area (Å²) in [7, 11) is 0. The maximum Gasteiger partial charge on any atom is 0.333 e. The first-order chi connectivity index (χ1) is 36.3. The lowest BCUT2D eigenvalue weighted by atomic mass is 9.91. The van der Waals surface area contributed by atoms with Gasteiger partial charge in [-0.3, -0.25) is 43.1 Å². The van der Waals surface area contributed by atoms with Crippen LogP contribution in [0.25, 0.3) is 28.4 Å². The highest BCUT2D eigenvalue weighted by Crippen LogP contribution is 2.41. The summed E-state index contributed by atoms with van der Waals surface area (Å²) in [5.41, 5.74) is 9.66. The third-order valence-corrected chi connectivity index (χ3v) is 17.8. The van der Waals surface area contributed by atoms with Crippen LogP contribution in [0.5, 0.6) is 0 Å². The number of benzene rings is 2. The molecule has 1 saturated carbocycles. The molecule has 2 aliphatic carbocycles. The highest BCUT2D eigenvalue weighted by Gasteiger charge is 2.39. The number of hydrogen-bond donors (Lipinski definition) is 2. The van der Waals surface area contributed by atoms with Gasteiger partial charge in [-0.15, -0.1) is 0 Å². The Kier molecular flexibility index (Phi) is 13.0. The lowest BCUT2D eigenvalue weighted by Gasteiger charge is -2.35. The first-order valence-corrected chi connectivity index (χ1v) is 27.4. The number of piperidine rings is 2. The molecular weight excluding hydrogens is 953 g/mol. The monoisotopic (exact) mass is 1020 g/mol. The second-order valence-electron chi connectivity index (χ2n) is 22.5. The maximum absolute atomic E-state index is 16.2. The number of aromatic nitrogens is 4. The molecule has 14 nitrogen and oxygen atoms in total. The number of nitrogens with zero attached hydrogens (tertiary/aromatic N) is 7. The van der Waals surface area contributed by atoms with Crippen LogP contribution >= 0.6 is 0 Å². The Morgan fingerprint density at radius 1 is 0.880 bits per heavy atom. The molecule has 2 N–H and O–H groups in total. The van der Waals surface area contributed by atoms with Crippen LogP contribution in [0.3, 0.4) is 0 Å². The normalized spacial score (nSPS) is 23.0. The van der Waals surface area contributed by atoms with Gasteiger partial charge in [0, 0.05) is 92.4 Å². The molecule has 3 amide bonds. The summed E-state index contributed by atoms with van der Waals surface area (Å²) in [4.78, 5) is 77.4. The van der Waals surface area contributed by atoms with Crippen molar-refractivity contribution in [2.24, 2.45) is 11.8 Å². The van der Waals surface area contributed by atoms with E-state index in [0.29, 0.717) is 72.5 Å². The summed E-state index contributed by atoms with van der Waals surface area (Å²) < 4.78 is 37.1. The second kappa shape index (κ2) is 19.8. The highest BCUT2D eigenvalue weighted by atomic mass is 19.1. The molecule has 2 aromatic carbocycles. The number of amides is 3. The zero-order valence-corrected chi connectivity index (χ0v) is 43.2. The van der Waals surface area contributed by atoms with Gasteiger partial charge in [0.2, 0.25) is 11.8 Å². The first-order valence-electron chi connectivity index (χ1n) is 27.4. The fraction of sp³-hybridized carbons (Fsp3) is 0.492. The molecule has 0 radical (unpaired) electrons. The van der Waals surface area contributed by atoms with Gasteiger partial charge >= 0.3 is 17.6 Å². The number of imidazole rings is 1. The van der Waals surface area contributed by atoms with E-state index in [-0.39, 0.29) is 71.5 Å². The third kappa shape index (κ3) is 9.13. The quantitative estimate of drug-likeness (QED) is 0.132. The van der Waals surface area contributed by atoms with Crippen LogP contribution in [-0.2, 0) is 22.4 Å². The molecule has 0 bridgehead atoms. The minimum absolute atomic E-state index is 0.00899. The Bertz CT molecular complexity index is 3320. The first kappa shape index (κ1) is 49.2. The zero-order chi connectivity index (χ0) is 51.8. The van der Waals surface area contributed by atoms with E-state index in [4.69, 9.17) is 0 Å². The number of fused-ring (bicyclic) bond motifs is 3. The van der Waals surface area contributed by atoms with Gasteiger partial charge < -0.3 is 15.1 Å². The van der Waals surface area contributed by atoms with E-state index in [0.717, 1.165) is 117 Å². The van der Waals surface area contributed by atoms with Crippen molar-refractivity contribution >= 4 is 46.1 Å². The van der Waals surface area contributed by atoms with Gasteiger partial charge in [-0.2, -0.15) is 0 Å². The van der Waals surface area contributed by atoms with Crippen molar-refractivity contribution in [2.75, 3.05) is 57.7 Å². The average Bonchev–Trinajstić information content (AvgIpc) is 4.02. The molecule has 0 spiro atoms. The van der Waals surface area contributed by atoms with Crippen LogP contribution in [0.1, 0.15) is 140 Å². The predicted molar refractivity (Wildman–Crippen MR) is 282 cm³/mol. The molecule has 12 rings (SSSR count). The standard InChI is InChI=1S/C59H65F2N9O5/c1-34-27-41(29-47(61)54(34)39-15-24-66(25-16-39)36(3)44-31-45-49(11-19-63-55(45)35(44)2)68-26-17-48-43(58(68)74)10-18-62-48)57(73)67-22-13-38(14-23-67)33-65-20-4-5-37(12-21-65)28-40-30-51-52(32-46(40)60)70(59(75)69(51)42-6-7-42)50-8-9-53(71)64-56(50)72/h11,15,17,26-27,29-32,35-38,42,50H,4-10,12-14,16,18,20-25,28,33H2,1-3H3,(H-,62,64,71,72,74)/p+1/t35?,36-,37?,50?/m0/s1. The van der Waals surface area contributed by atoms with Gasteiger partial charge in [-0.05, 0) is 174 Å². The lowest BCUT2D eigenvalue weighted by molar-refractivity contribution is -0.309. The van der Waals surface area contributed by atoms with E-state index in [2.05, 4.69) is 57.6 Å². The Balaban J connectivity index is 0.641. The van der Waals surface area contributed by atoms with Gasteiger partial charge in [-0.25, -0.2) is 13.6 Å². The smallest absolute Gasteiger partial charge is 0.333 e. The van der Waals surface area contributed by atoms with E-state index in [1.807, 2.05) is 36.2 Å². The number of aryl methyl sites for hydroxylation is 1. The van der Waals surface area contributed by atoms with Crippen LogP contribution < -0.4 is 26.9 Å². The molecule has 16 heteroatoms. The molecule has 7 aliphatic rings. The lowest BCUT2D eigenvalue weighted by Crippen LogP contribution is -2.44. The molecule has 3 saturated heterocycles. The number of likely N-dealkylation sites (tertiary alicyclic amines) is 2. The Labute approximate surface area is 435 Å². The number of pyridine rings is 1. The third-order valence-electron chi connectivity index (χ3n) is 17.8. The topological polar surface area (TPSA) is 148 Å². The van der Waals surface area contributed by atoms with Crippen LogP contribution in [0, 0.1) is 36.6 Å². The van der Waals surface area contributed by atoms with Gasteiger partial charge in [0.15, 0.2) is 0 Å². The van der Waals surface area contributed by atoms with Crippen molar-refractivity contribution in [3.8, 4) is 5.69 Å². The molecule has 3 aromatic heterocycles. The van der Waals surface area contributed by atoms with E-state index < -0.39 is 11.9 Å². The highest BCUT2D eigenvalue weighted by molar-refractivity contribution is 6.00. The van der Waals surface area contributed by atoms with Crippen LogP contribution in [0.15, 0.2) is 63.8 Å². The summed E-state index contributed by atoms with van der Waals surface area (Å²) >= 11 is 0. The van der Waals surface area contributed by atoms with Gasteiger partial charge in [0.25, 0.3) is 11.5 Å². The molecule has 5 aliphatic heterocycles. The number of nitrogens with one attached hydrogen (secondary N) is 2. The summed E-state index contributed by atoms with van der Waals surface area (Å²) in [6.45, 7) is 12.5. The van der Waals surface area contributed by atoms with Crippen molar-refractivity contribution in [3.05, 3.63) is 132 Å². The van der Waals surface area contributed by atoms with Crippen molar-refractivity contribution in [3.63, 3.8) is 0 Å². The zero-order valence-electron chi connectivity index (χ0n) is 43.2. The minimum atomic E-state index is -0.848. The Hall–Kier alpha value is -6.70. The van der Waals surface area contributed by atoms with Gasteiger partial charge in [-0.1, -0.05) is 6.08 Å². The molecule has 75 heavy (non-hydrogen) atoms. The molecule has 390 valence electrons. The fourth-order valence-corrected chi connectivity index (χ4v) is 13.5. The van der Waals surface area contributed by atoms with E-state index in [9.17, 15) is 24.0 Å². The second-order valence-corrected chi connectivity index (χ2v) is 22.5. The van der Waals surface area contributed by atoms with Crippen molar-refractivity contribution in [1.82, 2.24) is 33.7 Å². The molecule has 3 unspecified atom stereocenters. The predicted octanol–water partition coefficient (Wildman–Crippen LogP) is 7.10. The summed E-state index contributed by atoms with van der Waals surface area (Å²) in [6, 6.07) is 9.59. The molecule has 4 fully saturated rings. The number of halogens is 2. The fourth-order valence-electron chi connectivity index (χ4n) is 13.5. The van der Waals surface area contributed by atoms with Crippen molar-refractivity contribution < 1.29 is 28.1 Å². The minimum Gasteiger partial charge on any atom is -0.384 e. The van der Waals surface area contributed by atoms with Crippen molar-refractivity contribution in [2.45, 2.75) is 122 Å². The van der Waals surface area contributed by atoms with E-state index >= 15 is 8.78 Å². The van der Waals surface area contributed by atoms with Gasteiger partial charge in [0.05, 0.1) is 34.3 Å². The molecular formula is C59H66F2N9O5+. The van der Waals surface area contributed by atoms with Crippen molar-refractivity contribution in [1.29, 1.82) is 0 Å². The van der Waals surface area contributed by atoms with Crippen LogP contribution in [0.2, 0.25) is 0 Å². The number of carbonyl (C=O) groups is 3. The Morgan fingerprint density at radius 2 is 1.68 bits per heavy atom. The van der Waals surface area contributed by atoms with Crippen LogP contribution in [-0.4, -0.2) is 105 Å². The summed E-state index contributed by atoms with van der Waals surface area (Å²) in [5.74, 6) is -0.961. The molecule has 8 heterocycles. The average molecular weight is 1020 g/mol. The maximum atomic E-state index is 16.2. The number of hydrogen-bond acceptors (Lipinski definition) is 8. The summed E-state index contributed by atoms with van der Waals surface area (Å²) in [5, 5.41) is 5.64.